The number of pyridine rings is 1. The Hall–Kier alpha value is -3.29. The number of halogens is 1. The molecule has 0 radical (unpaired) electrons. The van der Waals surface area contributed by atoms with Crippen LogP contribution in [0, 0.1) is 5.82 Å². The summed E-state index contributed by atoms with van der Waals surface area (Å²) in [6, 6.07) is 4.68. The number of phenolic OH excluding ortho intramolecular Hbond substituents is 1. The molecule has 0 saturated heterocycles. The monoisotopic (exact) mass is 441 g/mol. The number of ether oxygens (including phenoxy) is 2. The Bertz CT molecular complexity index is 1150. The van der Waals surface area contributed by atoms with Gasteiger partial charge < -0.3 is 24.3 Å². The van der Waals surface area contributed by atoms with E-state index in [1.54, 1.807) is 12.5 Å². The summed E-state index contributed by atoms with van der Waals surface area (Å²) in [5.41, 5.74) is 2.56. The SMILES string of the molecule is CCc1cc(O)c(F)cc1-c1cc(OC2CC(NC(=O)OC(C)(C)C)C2)c2cncn2c1. The number of imidazole rings is 1. The minimum atomic E-state index is -0.666. The van der Waals surface area contributed by atoms with Crippen molar-refractivity contribution in [3.8, 4) is 22.6 Å². The van der Waals surface area contributed by atoms with E-state index in [0.29, 0.717) is 30.6 Å². The Morgan fingerprint density at radius 3 is 2.75 bits per heavy atom. The van der Waals surface area contributed by atoms with Crippen molar-refractivity contribution in [1.29, 1.82) is 0 Å². The maximum Gasteiger partial charge on any atom is 0.407 e. The van der Waals surface area contributed by atoms with E-state index in [2.05, 4.69) is 10.3 Å². The third kappa shape index (κ3) is 4.64. The molecule has 0 bridgehead atoms. The molecule has 3 aromatic rings. The summed E-state index contributed by atoms with van der Waals surface area (Å²) in [5.74, 6) is -0.388. The second kappa shape index (κ2) is 8.33. The number of carbonyl (C=O) groups is 1. The highest BCUT2D eigenvalue weighted by molar-refractivity contribution is 5.74. The quantitative estimate of drug-likeness (QED) is 0.592. The highest BCUT2D eigenvalue weighted by atomic mass is 19.1. The Balaban J connectivity index is 1.52. The summed E-state index contributed by atoms with van der Waals surface area (Å²) in [7, 11) is 0. The third-order valence-electron chi connectivity index (χ3n) is 5.46. The van der Waals surface area contributed by atoms with Crippen LogP contribution in [-0.2, 0) is 11.2 Å². The fraction of sp³-hybridized carbons (Fsp3) is 0.417. The number of phenols is 1. The highest BCUT2D eigenvalue weighted by Gasteiger charge is 2.33. The molecule has 1 aliphatic rings. The average Bonchev–Trinajstić information content (AvgIpc) is 3.15. The smallest absolute Gasteiger partial charge is 0.407 e. The zero-order chi connectivity index (χ0) is 23.0. The van der Waals surface area contributed by atoms with Gasteiger partial charge in [-0.2, -0.15) is 0 Å². The van der Waals surface area contributed by atoms with Gasteiger partial charge in [-0.1, -0.05) is 6.92 Å². The first kappa shape index (κ1) is 21.9. The number of alkyl carbamates (subject to hydrolysis) is 1. The third-order valence-corrected chi connectivity index (χ3v) is 5.46. The van der Waals surface area contributed by atoms with Crippen molar-refractivity contribution in [1.82, 2.24) is 14.7 Å². The molecule has 32 heavy (non-hydrogen) atoms. The standard InChI is InChI=1S/C24H28FN3O4/c1-5-14-6-21(29)19(25)10-18(14)15-7-22(20-11-26-13-28(20)12-15)31-17-8-16(9-17)27-23(30)32-24(2,3)4/h6-7,10-13,16-17,29H,5,8-9H2,1-4H3,(H,27,30). The van der Waals surface area contributed by atoms with Gasteiger partial charge in [-0.25, -0.2) is 14.2 Å². The van der Waals surface area contributed by atoms with Crippen LogP contribution in [0.25, 0.3) is 16.6 Å². The molecule has 170 valence electrons. The zero-order valence-corrected chi connectivity index (χ0v) is 18.7. The van der Waals surface area contributed by atoms with Gasteiger partial charge in [-0.05, 0) is 56.5 Å². The summed E-state index contributed by atoms with van der Waals surface area (Å²) >= 11 is 0. The molecule has 1 amide bonds. The molecule has 0 spiro atoms. The predicted molar refractivity (Wildman–Crippen MR) is 118 cm³/mol. The minimum absolute atomic E-state index is 0.00291. The number of nitrogens with zero attached hydrogens (tertiary/aromatic N) is 2. The molecule has 1 aliphatic carbocycles. The number of nitrogens with one attached hydrogen (secondary N) is 1. The van der Waals surface area contributed by atoms with Gasteiger partial charge in [0.25, 0.3) is 0 Å². The second-order valence-corrected chi connectivity index (χ2v) is 9.15. The van der Waals surface area contributed by atoms with Gasteiger partial charge in [0.15, 0.2) is 11.6 Å². The largest absolute Gasteiger partial charge is 0.505 e. The number of carbonyl (C=O) groups excluding carboxylic acids is 1. The lowest BCUT2D eigenvalue weighted by molar-refractivity contribution is 0.0365. The number of amides is 1. The van der Waals surface area contributed by atoms with Crippen LogP contribution in [0.3, 0.4) is 0 Å². The molecule has 0 atom stereocenters. The van der Waals surface area contributed by atoms with Crippen molar-refractivity contribution >= 4 is 11.6 Å². The number of hydrogen-bond donors (Lipinski definition) is 2. The van der Waals surface area contributed by atoms with Crippen LogP contribution >= 0.6 is 0 Å². The van der Waals surface area contributed by atoms with Crippen molar-refractivity contribution in [2.75, 3.05) is 0 Å². The zero-order valence-electron chi connectivity index (χ0n) is 18.7. The molecule has 2 N–H and O–H groups in total. The maximum atomic E-state index is 14.1. The maximum absolute atomic E-state index is 14.1. The molecular weight excluding hydrogens is 413 g/mol. The van der Waals surface area contributed by atoms with Gasteiger partial charge in [0, 0.05) is 30.6 Å². The number of benzene rings is 1. The average molecular weight is 442 g/mol. The van der Waals surface area contributed by atoms with Crippen molar-refractivity contribution in [3.05, 3.63) is 48.3 Å². The Labute approximate surface area is 186 Å². The molecular formula is C24H28FN3O4. The lowest BCUT2D eigenvalue weighted by Gasteiger charge is -2.36. The summed E-state index contributed by atoms with van der Waals surface area (Å²) in [4.78, 5) is 16.2. The fourth-order valence-corrected chi connectivity index (χ4v) is 3.84. The van der Waals surface area contributed by atoms with E-state index < -0.39 is 17.5 Å². The topological polar surface area (TPSA) is 85.1 Å². The number of fused-ring (bicyclic) bond motifs is 1. The molecule has 0 unspecified atom stereocenters. The van der Waals surface area contributed by atoms with E-state index in [1.165, 1.54) is 12.1 Å². The van der Waals surface area contributed by atoms with Gasteiger partial charge in [0.05, 0.1) is 12.5 Å². The molecule has 0 aliphatic heterocycles. The van der Waals surface area contributed by atoms with E-state index in [0.717, 1.165) is 16.6 Å². The van der Waals surface area contributed by atoms with E-state index in [-0.39, 0.29) is 17.9 Å². The highest BCUT2D eigenvalue weighted by Crippen LogP contribution is 2.35. The number of rotatable bonds is 5. The molecule has 1 fully saturated rings. The lowest BCUT2D eigenvalue weighted by atomic mass is 9.89. The van der Waals surface area contributed by atoms with Crippen LogP contribution in [0.15, 0.2) is 36.9 Å². The molecule has 4 rings (SSSR count). The first-order valence-electron chi connectivity index (χ1n) is 10.8. The van der Waals surface area contributed by atoms with Crippen LogP contribution < -0.4 is 10.1 Å². The van der Waals surface area contributed by atoms with Gasteiger partial charge in [-0.15, -0.1) is 0 Å². The van der Waals surface area contributed by atoms with E-state index in [9.17, 15) is 14.3 Å². The first-order chi connectivity index (χ1) is 15.1. The Morgan fingerprint density at radius 2 is 2.06 bits per heavy atom. The van der Waals surface area contributed by atoms with Gasteiger partial charge in [0.2, 0.25) is 0 Å². The predicted octanol–water partition coefficient (Wildman–Crippen LogP) is 4.84. The molecule has 1 aromatic carbocycles. The molecule has 2 heterocycles. The molecule has 8 heteroatoms. The van der Waals surface area contributed by atoms with Gasteiger partial charge in [-0.3, -0.25) is 0 Å². The normalized spacial score (nSPS) is 18.3. The minimum Gasteiger partial charge on any atom is -0.505 e. The molecule has 1 saturated carbocycles. The van der Waals surface area contributed by atoms with Crippen molar-refractivity contribution in [2.24, 2.45) is 0 Å². The number of aromatic hydroxyl groups is 1. The number of aryl methyl sites for hydroxylation is 1. The van der Waals surface area contributed by atoms with Crippen molar-refractivity contribution in [3.63, 3.8) is 0 Å². The van der Waals surface area contributed by atoms with Crippen LogP contribution in [0.5, 0.6) is 11.5 Å². The van der Waals surface area contributed by atoms with E-state index in [1.807, 2.05) is 44.4 Å². The molecule has 7 nitrogen and oxygen atoms in total. The summed E-state index contributed by atoms with van der Waals surface area (Å²) in [6.07, 6.45) is 6.73. The van der Waals surface area contributed by atoms with Crippen LogP contribution in [0.4, 0.5) is 9.18 Å². The number of aromatic nitrogens is 2. The van der Waals surface area contributed by atoms with Crippen LogP contribution in [-0.4, -0.2) is 38.3 Å². The first-order valence-corrected chi connectivity index (χ1v) is 10.8. The second-order valence-electron chi connectivity index (χ2n) is 9.15. The molecule has 2 aromatic heterocycles. The Morgan fingerprint density at radius 1 is 1.31 bits per heavy atom. The fourth-order valence-electron chi connectivity index (χ4n) is 3.84. The van der Waals surface area contributed by atoms with Crippen LogP contribution in [0.1, 0.15) is 46.1 Å². The summed E-state index contributed by atoms with van der Waals surface area (Å²) in [6.45, 7) is 7.43. The van der Waals surface area contributed by atoms with Gasteiger partial charge in [0.1, 0.15) is 23.0 Å². The van der Waals surface area contributed by atoms with Crippen LogP contribution in [0.2, 0.25) is 0 Å². The summed E-state index contributed by atoms with van der Waals surface area (Å²) < 4.78 is 27.5. The van der Waals surface area contributed by atoms with E-state index in [4.69, 9.17) is 9.47 Å². The van der Waals surface area contributed by atoms with Gasteiger partial charge >= 0.3 is 6.09 Å². The van der Waals surface area contributed by atoms with Crippen molar-refractivity contribution in [2.45, 2.75) is 64.7 Å². The van der Waals surface area contributed by atoms with E-state index >= 15 is 0 Å². The summed E-state index contributed by atoms with van der Waals surface area (Å²) in [5, 5.41) is 12.6. The lowest BCUT2D eigenvalue weighted by Crippen LogP contribution is -2.50. The number of hydrogen-bond acceptors (Lipinski definition) is 5. The van der Waals surface area contributed by atoms with Crippen molar-refractivity contribution < 1.29 is 23.8 Å². The Kier molecular flexibility index (Phi) is 5.71.